The van der Waals surface area contributed by atoms with Crippen LogP contribution in [0.4, 0.5) is 0 Å². The second kappa shape index (κ2) is 7.81. The molecule has 0 unspecified atom stereocenters. The summed E-state index contributed by atoms with van der Waals surface area (Å²) in [5, 5.41) is 10.2. The Morgan fingerprint density at radius 1 is 1.50 bits per heavy atom. The van der Waals surface area contributed by atoms with Gasteiger partial charge >= 0.3 is 0 Å². The highest BCUT2D eigenvalue weighted by Crippen LogP contribution is 2.31. The van der Waals surface area contributed by atoms with Crippen molar-refractivity contribution < 1.29 is 9.53 Å². The standard InChI is InChI=1S/C16H21ClN4O2S/c1-9(2)11-6-12(17)10(3)5-13(11)23-8-15(22)18-7-14-19-20-16(24)21(14)4/h5-6,9H,7-8H2,1-4H3,(H,18,22)(H,20,24). The summed E-state index contributed by atoms with van der Waals surface area (Å²) in [4.78, 5) is 12.0. The van der Waals surface area contributed by atoms with E-state index in [2.05, 4.69) is 29.4 Å². The van der Waals surface area contributed by atoms with Gasteiger partial charge in [0.25, 0.3) is 5.91 Å². The second-order valence-electron chi connectivity index (χ2n) is 5.86. The van der Waals surface area contributed by atoms with E-state index in [1.54, 1.807) is 11.6 Å². The summed E-state index contributed by atoms with van der Waals surface area (Å²) in [7, 11) is 1.79. The van der Waals surface area contributed by atoms with Crippen LogP contribution < -0.4 is 10.1 Å². The van der Waals surface area contributed by atoms with Crippen molar-refractivity contribution in [1.29, 1.82) is 0 Å². The van der Waals surface area contributed by atoms with Crippen LogP contribution in [0.2, 0.25) is 5.02 Å². The van der Waals surface area contributed by atoms with Gasteiger partial charge in [0.05, 0.1) is 6.54 Å². The van der Waals surface area contributed by atoms with E-state index in [0.717, 1.165) is 11.1 Å². The van der Waals surface area contributed by atoms with Crippen LogP contribution >= 0.6 is 23.8 Å². The SMILES string of the molecule is Cc1cc(OCC(=O)NCc2n[nH]c(=S)n2C)c(C(C)C)cc1Cl. The summed E-state index contributed by atoms with van der Waals surface area (Å²) in [5.41, 5.74) is 1.89. The first-order chi connectivity index (χ1) is 11.3. The number of aromatic amines is 1. The molecular weight excluding hydrogens is 348 g/mol. The molecular formula is C16H21ClN4O2S. The molecule has 1 aromatic carbocycles. The minimum absolute atomic E-state index is 0.0737. The Balaban J connectivity index is 1.97. The Kier molecular flexibility index (Phi) is 6.01. The number of amides is 1. The van der Waals surface area contributed by atoms with E-state index in [1.807, 2.05) is 19.1 Å². The lowest BCUT2D eigenvalue weighted by Crippen LogP contribution is -2.29. The molecule has 0 radical (unpaired) electrons. The van der Waals surface area contributed by atoms with E-state index in [-0.39, 0.29) is 25.0 Å². The number of benzene rings is 1. The predicted octanol–water partition coefficient (Wildman–Crippen LogP) is 3.26. The monoisotopic (exact) mass is 368 g/mol. The van der Waals surface area contributed by atoms with Crippen LogP contribution in [0.15, 0.2) is 12.1 Å². The number of carbonyl (C=O) groups excluding carboxylic acids is 1. The largest absolute Gasteiger partial charge is 0.483 e. The smallest absolute Gasteiger partial charge is 0.258 e. The van der Waals surface area contributed by atoms with E-state index in [9.17, 15) is 4.79 Å². The molecule has 2 aromatic rings. The summed E-state index contributed by atoms with van der Waals surface area (Å²) >= 11 is 11.2. The van der Waals surface area contributed by atoms with Gasteiger partial charge in [0.15, 0.2) is 17.2 Å². The molecule has 0 atom stereocenters. The maximum atomic E-state index is 12.0. The second-order valence-corrected chi connectivity index (χ2v) is 6.66. The predicted molar refractivity (Wildman–Crippen MR) is 96.0 cm³/mol. The minimum Gasteiger partial charge on any atom is -0.483 e. The Labute approximate surface area is 151 Å². The molecule has 0 aliphatic heterocycles. The van der Waals surface area contributed by atoms with Crippen LogP contribution in [0.5, 0.6) is 5.75 Å². The van der Waals surface area contributed by atoms with Crippen LogP contribution in [0.1, 0.15) is 36.7 Å². The molecule has 0 saturated heterocycles. The topological polar surface area (TPSA) is 71.9 Å². The van der Waals surface area contributed by atoms with Gasteiger partial charge in [-0.2, -0.15) is 5.10 Å². The first-order valence-electron chi connectivity index (χ1n) is 7.59. The first kappa shape index (κ1) is 18.5. The molecule has 24 heavy (non-hydrogen) atoms. The van der Waals surface area contributed by atoms with E-state index >= 15 is 0 Å². The summed E-state index contributed by atoms with van der Waals surface area (Å²) in [6.45, 7) is 6.22. The van der Waals surface area contributed by atoms with E-state index in [0.29, 0.717) is 21.4 Å². The number of hydrogen-bond acceptors (Lipinski definition) is 4. The van der Waals surface area contributed by atoms with Crippen LogP contribution in [0, 0.1) is 11.7 Å². The van der Waals surface area contributed by atoms with Gasteiger partial charge in [-0.25, -0.2) is 0 Å². The molecule has 1 amide bonds. The molecule has 0 saturated carbocycles. The van der Waals surface area contributed by atoms with Gasteiger partial charge in [0, 0.05) is 12.1 Å². The number of halogens is 1. The molecule has 6 nitrogen and oxygen atoms in total. The van der Waals surface area contributed by atoms with Crippen molar-refractivity contribution in [3.05, 3.63) is 38.9 Å². The van der Waals surface area contributed by atoms with Crippen LogP contribution in [-0.2, 0) is 18.4 Å². The molecule has 2 rings (SSSR count). The molecule has 0 bridgehead atoms. The molecule has 8 heteroatoms. The lowest BCUT2D eigenvalue weighted by atomic mass is 10.0. The van der Waals surface area contributed by atoms with Gasteiger partial charge in [-0.15, -0.1) is 0 Å². The van der Waals surface area contributed by atoms with Crippen molar-refractivity contribution in [3.63, 3.8) is 0 Å². The van der Waals surface area contributed by atoms with E-state index < -0.39 is 0 Å². The third-order valence-corrected chi connectivity index (χ3v) is 4.46. The molecule has 130 valence electrons. The highest BCUT2D eigenvalue weighted by Gasteiger charge is 2.13. The number of aromatic nitrogens is 3. The van der Waals surface area contributed by atoms with E-state index in [4.69, 9.17) is 28.6 Å². The van der Waals surface area contributed by atoms with Crippen molar-refractivity contribution in [1.82, 2.24) is 20.1 Å². The number of ether oxygens (including phenoxy) is 1. The van der Waals surface area contributed by atoms with Gasteiger partial charge in [-0.05, 0) is 48.3 Å². The van der Waals surface area contributed by atoms with Crippen molar-refractivity contribution >= 4 is 29.7 Å². The van der Waals surface area contributed by atoms with Crippen molar-refractivity contribution in [3.8, 4) is 5.75 Å². The minimum atomic E-state index is -0.230. The van der Waals surface area contributed by atoms with Crippen molar-refractivity contribution in [2.75, 3.05) is 6.61 Å². The van der Waals surface area contributed by atoms with Gasteiger partial charge in [0.1, 0.15) is 5.75 Å². The zero-order valence-corrected chi connectivity index (χ0v) is 15.7. The average molecular weight is 369 g/mol. The van der Waals surface area contributed by atoms with Crippen LogP contribution in [0.25, 0.3) is 0 Å². The normalized spacial score (nSPS) is 10.9. The zero-order valence-electron chi connectivity index (χ0n) is 14.1. The molecule has 0 spiro atoms. The van der Waals surface area contributed by atoms with Crippen molar-refractivity contribution in [2.24, 2.45) is 7.05 Å². The van der Waals surface area contributed by atoms with Crippen LogP contribution in [0.3, 0.4) is 0 Å². The lowest BCUT2D eigenvalue weighted by molar-refractivity contribution is -0.123. The quantitative estimate of drug-likeness (QED) is 0.768. The third kappa shape index (κ3) is 4.36. The maximum absolute atomic E-state index is 12.0. The van der Waals surface area contributed by atoms with Gasteiger partial charge in [-0.3, -0.25) is 9.89 Å². The highest BCUT2D eigenvalue weighted by molar-refractivity contribution is 7.71. The third-order valence-electron chi connectivity index (χ3n) is 3.69. The fourth-order valence-corrected chi connectivity index (χ4v) is 2.48. The molecule has 1 aromatic heterocycles. The molecule has 0 aliphatic rings. The Morgan fingerprint density at radius 2 is 2.21 bits per heavy atom. The molecule has 1 heterocycles. The number of rotatable bonds is 6. The van der Waals surface area contributed by atoms with Crippen LogP contribution in [-0.4, -0.2) is 27.3 Å². The number of nitrogens with one attached hydrogen (secondary N) is 2. The first-order valence-corrected chi connectivity index (χ1v) is 8.38. The Bertz CT molecular complexity index is 798. The molecule has 2 N–H and O–H groups in total. The number of nitrogens with zero attached hydrogens (tertiary/aromatic N) is 2. The van der Waals surface area contributed by atoms with E-state index in [1.165, 1.54) is 0 Å². The van der Waals surface area contributed by atoms with Crippen molar-refractivity contribution in [2.45, 2.75) is 33.2 Å². The number of aryl methyl sites for hydroxylation is 1. The molecule has 0 fully saturated rings. The summed E-state index contributed by atoms with van der Waals surface area (Å²) in [6.07, 6.45) is 0. The zero-order chi connectivity index (χ0) is 17.9. The van der Waals surface area contributed by atoms with Gasteiger partial charge in [0.2, 0.25) is 0 Å². The maximum Gasteiger partial charge on any atom is 0.258 e. The number of hydrogen-bond donors (Lipinski definition) is 2. The fraction of sp³-hybridized carbons (Fsp3) is 0.438. The fourth-order valence-electron chi connectivity index (χ4n) is 2.16. The number of H-pyrrole nitrogens is 1. The lowest BCUT2D eigenvalue weighted by Gasteiger charge is -2.15. The summed E-state index contributed by atoms with van der Waals surface area (Å²) < 4.78 is 7.91. The van der Waals surface area contributed by atoms with Gasteiger partial charge < -0.3 is 14.6 Å². The Morgan fingerprint density at radius 3 is 2.79 bits per heavy atom. The Hall–Kier alpha value is -1.86. The average Bonchev–Trinajstić information content (AvgIpc) is 2.85. The molecule has 0 aliphatic carbocycles. The summed E-state index contributed by atoms with van der Waals surface area (Å²) in [6, 6.07) is 3.76. The number of carbonyl (C=O) groups is 1. The summed E-state index contributed by atoms with van der Waals surface area (Å²) in [5.74, 6) is 1.35. The highest BCUT2D eigenvalue weighted by atomic mass is 35.5. The van der Waals surface area contributed by atoms with Gasteiger partial charge in [-0.1, -0.05) is 25.4 Å².